The maximum absolute atomic E-state index is 11.8. The first-order valence-corrected chi connectivity index (χ1v) is 6.13. The Morgan fingerprint density at radius 3 is 2.62 bits per heavy atom. The largest absolute Gasteiger partial charge is 0.449 e. The lowest BCUT2D eigenvalue weighted by molar-refractivity contribution is 0.0905. The molecule has 0 aromatic rings. The Morgan fingerprint density at radius 1 is 1.56 bits per heavy atom. The second-order valence-electron chi connectivity index (χ2n) is 4.61. The van der Waals surface area contributed by atoms with Crippen LogP contribution < -0.4 is 5.73 Å². The van der Waals surface area contributed by atoms with Crippen LogP contribution in [0.2, 0.25) is 0 Å². The van der Waals surface area contributed by atoms with Crippen LogP contribution in [-0.4, -0.2) is 35.2 Å². The van der Waals surface area contributed by atoms with Crippen LogP contribution in [0.15, 0.2) is 0 Å². The van der Waals surface area contributed by atoms with Gasteiger partial charge in [-0.2, -0.15) is 0 Å². The van der Waals surface area contributed by atoms with Gasteiger partial charge in [0.05, 0.1) is 11.6 Å². The molecule has 0 unspecified atom stereocenters. The van der Waals surface area contributed by atoms with E-state index in [1.54, 1.807) is 4.90 Å². The SMILES string of the molecule is CC(C)COC(=O)N(CCC(N)=S)C1CC1. The number of rotatable bonds is 6. The normalized spacial score (nSPS) is 14.9. The lowest BCUT2D eigenvalue weighted by atomic mass is 10.2. The summed E-state index contributed by atoms with van der Waals surface area (Å²) < 4.78 is 5.20. The van der Waals surface area contributed by atoms with E-state index in [1.165, 1.54) is 0 Å². The van der Waals surface area contributed by atoms with Crippen molar-refractivity contribution in [1.82, 2.24) is 4.90 Å². The van der Waals surface area contributed by atoms with Crippen molar-refractivity contribution >= 4 is 23.3 Å². The van der Waals surface area contributed by atoms with Crippen molar-refractivity contribution in [2.75, 3.05) is 13.2 Å². The summed E-state index contributed by atoms with van der Waals surface area (Å²) in [6, 6.07) is 0.342. The van der Waals surface area contributed by atoms with E-state index in [4.69, 9.17) is 22.7 Å². The maximum atomic E-state index is 11.8. The molecule has 0 aromatic carbocycles. The second kappa shape index (κ2) is 6.03. The molecule has 1 aliphatic carbocycles. The van der Waals surface area contributed by atoms with Crippen LogP contribution in [0.4, 0.5) is 4.79 Å². The minimum atomic E-state index is -0.229. The molecule has 16 heavy (non-hydrogen) atoms. The van der Waals surface area contributed by atoms with Crippen molar-refractivity contribution in [2.24, 2.45) is 11.7 Å². The van der Waals surface area contributed by atoms with Crippen LogP contribution in [-0.2, 0) is 4.74 Å². The van der Waals surface area contributed by atoms with Gasteiger partial charge in [-0.15, -0.1) is 0 Å². The predicted octanol–water partition coefficient (Wildman–Crippen LogP) is 1.92. The van der Waals surface area contributed by atoms with Gasteiger partial charge in [-0.1, -0.05) is 26.1 Å². The highest BCUT2D eigenvalue weighted by atomic mass is 32.1. The first kappa shape index (κ1) is 13.2. The number of hydrogen-bond donors (Lipinski definition) is 1. The average molecular weight is 244 g/mol. The molecule has 2 N–H and O–H groups in total. The number of nitrogens with two attached hydrogens (primary N) is 1. The fraction of sp³-hybridized carbons (Fsp3) is 0.818. The Labute approximate surface area is 102 Å². The summed E-state index contributed by atoms with van der Waals surface area (Å²) >= 11 is 4.81. The number of amides is 1. The molecule has 0 spiro atoms. The summed E-state index contributed by atoms with van der Waals surface area (Å²) in [5, 5.41) is 0. The van der Waals surface area contributed by atoms with E-state index in [2.05, 4.69) is 0 Å². The van der Waals surface area contributed by atoms with Crippen LogP contribution in [0.1, 0.15) is 33.1 Å². The maximum Gasteiger partial charge on any atom is 0.410 e. The third-order valence-electron chi connectivity index (χ3n) is 2.36. The van der Waals surface area contributed by atoms with Crippen LogP contribution >= 0.6 is 12.2 Å². The Hall–Kier alpha value is -0.840. The smallest absolute Gasteiger partial charge is 0.410 e. The first-order chi connectivity index (χ1) is 7.50. The lowest BCUT2D eigenvalue weighted by Gasteiger charge is -2.22. The molecular formula is C11H20N2O2S. The summed E-state index contributed by atoms with van der Waals surface area (Å²) in [5.41, 5.74) is 5.44. The molecule has 1 rings (SSSR count). The highest BCUT2D eigenvalue weighted by Crippen LogP contribution is 2.27. The van der Waals surface area contributed by atoms with Gasteiger partial charge in [-0.3, -0.25) is 0 Å². The van der Waals surface area contributed by atoms with E-state index < -0.39 is 0 Å². The zero-order valence-electron chi connectivity index (χ0n) is 9.94. The van der Waals surface area contributed by atoms with E-state index in [0.29, 0.717) is 36.5 Å². The molecule has 1 aliphatic rings. The molecule has 0 saturated heterocycles. The highest BCUT2D eigenvalue weighted by molar-refractivity contribution is 7.80. The van der Waals surface area contributed by atoms with Crippen molar-refractivity contribution in [3.63, 3.8) is 0 Å². The van der Waals surface area contributed by atoms with Crippen molar-refractivity contribution in [3.05, 3.63) is 0 Å². The monoisotopic (exact) mass is 244 g/mol. The Bertz CT molecular complexity index is 265. The standard InChI is InChI=1S/C11H20N2O2S/c1-8(2)7-15-11(14)13(9-3-4-9)6-5-10(12)16/h8-9H,3-7H2,1-2H3,(H2,12,16). The first-order valence-electron chi connectivity index (χ1n) is 5.72. The number of nitrogens with zero attached hydrogens (tertiary/aromatic N) is 1. The summed E-state index contributed by atoms with van der Waals surface area (Å²) in [7, 11) is 0. The number of thiocarbonyl (C=S) groups is 1. The van der Waals surface area contributed by atoms with Gasteiger partial charge < -0.3 is 15.4 Å². The van der Waals surface area contributed by atoms with Crippen LogP contribution in [0.5, 0.6) is 0 Å². The van der Waals surface area contributed by atoms with E-state index >= 15 is 0 Å². The average Bonchev–Trinajstić information content (AvgIpc) is 2.98. The van der Waals surface area contributed by atoms with Gasteiger partial charge >= 0.3 is 6.09 Å². The molecule has 92 valence electrons. The summed E-state index contributed by atoms with van der Waals surface area (Å²) in [6.07, 6.45) is 2.47. The van der Waals surface area contributed by atoms with Crippen LogP contribution in [0, 0.1) is 5.92 Å². The predicted molar refractivity (Wildman–Crippen MR) is 67.3 cm³/mol. The molecule has 0 bridgehead atoms. The molecule has 0 heterocycles. The molecule has 1 saturated carbocycles. The van der Waals surface area contributed by atoms with Crippen molar-refractivity contribution in [2.45, 2.75) is 39.2 Å². The minimum absolute atomic E-state index is 0.229. The molecule has 0 aliphatic heterocycles. The van der Waals surface area contributed by atoms with Gasteiger partial charge in [0.15, 0.2) is 0 Å². The molecule has 0 aromatic heterocycles. The van der Waals surface area contributed by atoms with Gasteiger partial charge in [0, 0.05) is 19.0 Å². The Balaban J connectivity index is 2.36. The van der Waals surface area contributed by atoms with E-state index in [0.717, 1.165) is 12.8 Å². The zero-order valence-corrected chi connectivity index (χ0v) is 10.8. The molecule has 0 radical (unpaired) electrons. The quantitative estimate of drug-likeness (QED) is 0.725. The Morgan fingerprint density at radius 2 is 2.19 bits per heavy atom. The number of hydrogen-bond acceptors (Lipinski definition) is 3. The van der Waals surface area contributed by atoms with Crippen LogP contribution in [0.25, 0.3) is 0 Å². The lowest BCUT2D eigenvalue weighted by Crippen LogP contribution is -2.36. The molecule has 0 atom stereocenters. The van der Waals surface area contributed by atoms with Gasteiger partial charge in [0.2, 0.25) is 0 Å². The van der Waals surface area contributed by atoms with E-state index in [1.807, 2.05) is 13.8 Å². The molecule has 4 nitrogen and oxygen atoms in total. The fourth-order valence-corrected chi connectivity index (χ4v) is 1.45. The van der Waals surface area contributed by atoms with Crippen molar-refractivity contribution < 1.29 is 9.53 Å². The van der Waals surface area contributed by atoms with Crippen LogP contribution in [0.3, 0.4) is 0 Å². The van der Waals surface area contributed by atoms with Gasteiger partial charge in [0.1, 0.15) is 0 Å². The summed E-state index contributed by atoms with van der Waals surface area (Å²) in [6.45, 7) is 5.08. The molecule has 1 fully saturated rings. The number of ether oxygens (including phenoxy) is 1. The second-order valence-corrected chi connectivity index (χ2v) is 5.14. The summed E-state index contributed by atoms with van der Waals surface area (Å²) in [4.78, 5) is 14.0. The number of carbonyl (C=O) groups excluding carboxylic acids is 1. The number of carbonyl (C=O) groups is 1. The molecular weight excluding hydrogens is 224 g/mol. The van der Waals surface area contributed by atoms with Gasteiger partial charge in [0.25, 0.3) is 0 Å². The minimum Gasteiger partial charge on any atom is -0.449 e. The van der Waals surface area contributed by atoms with E-state index in [-0.39, 0.29) is 6.09 Å². The highest BCUT2D eigenvalue weighted by Gasteiger charge is 2.33. The van der Waals surface area contributed by atoms with Crippen molar-refractivity contribution in [1.29, 1.82) is 0 Å². The Kier molecular flexibility index (Phi) is 4.99. The molecule has 5 heteroatoms. The third-order valence-corrected chi connectivity index (χ3v) is 2.57. The summed E-state index contributed by atoms with van der Waals surface area (Å²) in [5.74, 6) is 0.362. The van der Waals surface area contributed by atoms with E-state index in [9.17, 15) is 4.79 Å². The third kappa shape index (κ3) is 4.79. The molecule has 1 amide bonds. The van der Waals surface area contributed by atoms with Gasteiger partial charge in [-0.25, -0.2) is 4.79 Å². The zero-order chi connectivity index (χ0) is 12.1. The fourth-order valence-electron chi connectivity index (χ4n) is 1.36. The topological polar surface area (TPSA) is 55.6 Å². The van der Waals surface area contributed by atoms with Crippen molar-refractivity contribution in [3.8, 4) is 0 Å². The van der Waals surface area contributed by atoms with Gasteiger partial charge in [-0.05, 0) is 18.8 Å².